The molecule has 2 fully saturated rings. The normalized spacial score (nSPS) is 27.8. The topological polar surface area (TPSA) is 49.4 Å². The Bertz CT molecular complexity index is 285. The molecule has 0 amide bonds. The van der Waals surface area contributed by atoms with Gasteiger partial charge in [-0.1, -0.05) is 12.8 Å². The highest BCUT2D eigenvalue weighted by atomic mass is 32.2. The van der Waals surface area contributed by atoms with Crippen molar-refractivity contribution in [3.05, 3.63) is 0 Å². The quantitative estimate of drug-likeness (QED) is 0.704. The molecule has 0 unspecified atom stereocenters. The SMILES string of the molecule is CNS(=O)(=O)N1CC2(CCCC2)C1. The summed E-state index contributed by atoms with van der Waals surface area (Å²) >= 11 is 0. The standard InChI is InChI=1S/C8H16N2O2S/c1-9-13(11,12)10-6-8(7-10)4-2-3-5-8/h9H,2-7H2,1H3. The van der Waals surface area contributed by atoms with E-state index in [2.05, 4.69) is 4.72 Å². The number of nitrogens with one attached hydrogen (secondary N) is 1. The molecule has 4 nitrogen and oxygen atoms in total. The van der Waals surface area contributed by atoms with Crippen molar-refractivity contribution in [2.45, 2.75) is 25.7 Å². The second-order valence-electron chi connectivity index (χ2n) is 4.18. The van der Waals surface area contributed by atoms with Gasteiger partial charge in [0.2, 0.25) is 0 Å². The van der Waals surface area contributed by atoms with Gasteiger partial charge < -0.3 is 0 Å². The minimum atomic E-state index is -3.14. The first-order valence-electron chi connectivity index (χ1n) is 4.77. The first-order valence-corrected chi connectivity index (χ1v) is 6.21. The van der Waals surface area contributed by atoms with E-state index in [0.29, 0.717) is 5.41 Å². The molecule has 0 bridgehead atoms. The van der Waals surface area contributed by atoms with E-state index >= 15 is 0 Å². The van der Waals surface area contributed by atoms with E-state index < -0.39 is 10.2 Å². The summed E-state index contributed by atoms with van der Waals surface area (Å²) in [5.74, 6) is 0. The summed E-state index contributed by atoms with van der Waals surface area (Å²) in [6.45, 7) is 1.46. The smallest absolute Gasteiger partial charge is 0.205 e. The number of rotatable bonds is 2. The van der Waals surface area contributed by atoms with Crippen molar-refractivity contribution in [1.29, 1.82) is 0 Å². The van der Waals surface area contributed by atoms with E-state index in [4.69, 9.17) is 0 Å². The molecule has 13 heavy (non-hydrogen) atoms. The summed E-state index contributed by atoms with van der Waals surface area (Å²) in [5, 5.41) is 0. The van der Waals surface area contributed by atoms with Crippen molar-refractivity contribution in [3.8, 4) is 0 Å². The van der Waals surface area contributed by atoms with Gasteiger partial charge in [-0.2, -0.15) is 12.7 Å². The molecule has 1 aliphatic heterocycles. The molecular weight excluding hydrogens is 188 g/mol. The molecule has 1 spiro atoms. The van der Waals surface area contributed by atoms with Crippen LogP contribution in [0.4, 0.5) is 0 Å². The Balaban J connectivity index is 1.98. The van der Waals surface area contributed by atoms with Gasteiger partial charge in [-0.25, -0.2) is 4.72 Å². The lowest BCUT2D eigenvalue weighted by Gasteiger charge is -2.46. The highest BCUT2D eigenvalue weighted by Crippen LogP contribution is 2.45. The fourth-order valence-corrected chi connectivity index (χ4v) is 3.59. The average molecular weight is 204 g/mol. The molecule has 1 aliphatic carbocycles. The zero-order chi connectivity index (χ0) is 9.53. The van der Waals surface area contributed by atoms with Crippen LogP contribution in [0.25, 0.3) is 0 Å². The zero-order valence-electron chi connectivity index (χ0n) is 7.91. The molecule has 1 heterocycles. The van der Waals surface area contributed by atoms with Crippen LogP contribution in [-0.2, 0) is 10.2 Å². The van der Waals surface area contributed by atoms with E-state index in [1.807, 2.05) is 0 Å². The van der Waals surface area contributed by atoms with Gasteiger partial charge in [-0.15, -0.1) is 0 Å². The van der Waals surface area contributed by atoms with Crippen LogP contribution in [0.5, 0.6) is 0 Å². The summed E-state index contributed by atoms with van der Waals surface area (Å²) in [4.78, 5) is 0. The number of hydrogen-bond acceptors (Lipinski definition) is 2. The third-order valence-electron chi connectivity index (χ3n) is 3.29. The minimum Gasteiger partial charge on any atom is -0.205 e. The lowest BCUT2D eigenvalue weighted by atomic mass is 9.80. The van der Waals surface area contributed by atoms with Crippen LogP contribution in [0.15, 0.2) is 0 Å². The van der Waals surface area contributed by atoms with Crippen LogP contribution in [0, 0.1) is 5.41 Å². The highest BCUT2D eigenvalue weighted by molar-refractivity contribution is 7.87. The lowest BCUT2D eigenvalue weighted by Crippen LogP contribution is -2.59. The Morgan fingerprint density at radius 3 is 2.23 bits per heavy atom. The molecule has 1 saturated heterocycles. The van der Waals surface area contributed by atoms with Gasteiger partial charge in [-0.05, 0) is 18.3 Å². The lowest BCUT2D eigenvalue weighted by molar-refractivity contribution is 0.0767. The van der Waals surface area contributed by atoms with E-state index in [1.165, 1.54) is 32.7 Å². The van der Waals surface area contributed by atoms with E-state index in [9.17, 15) is 8.42 Å². The summed E-state index contributed by atoms with van der Waals surface area (Å²) in [6.07, 6.45) is 4.96. The molecule has 0 aromatic carbocycles. The predicted octanol–water partition coefficient (Wildman–Crippen LogP) is 0.327. The molecule has 2 aliphatic rings. The monoisotopic (exact) mass is 204 g/mol. The van der Waals surface area contributed by atoms with Crippen molar-refractivity contribution in [2.75, 3.05) is 20.1 Å². The average Bonchev–Trinajstić information content (AvgIpc) is 2.49. The van der Waals surface area contributed by atoms with Crippen molar-refractivity contribution in [1.82, 2.24) is 9.03 Å². The summed E-state index contributed by atoms with van der Waals surface area (Å²) < 4.78 is 26.6. The van der Waals surface area contributed by atoms with Gasteiger partial charge in [0.1, 0.15) is 0 Å². The first-order chi connectivity index (χ1) is 6.08. The number of nitrogens with zero attached hydrogens (tertiary/aromatic N) is 1. The van der Waals surface area contributed by atoms with Crippen LogP contribution in [-0.4, -0.2) is 32.9 Å². The fraction of sp³-hybridized carbons (Fsp3) is 1.00. The predicted molar refractivity (Wildman–Crippen MR) is 50.5 cm³/mol. The van der Waals surface area contributed by atoms with Crippen LogP contribution in [0.1, 0.15) is 25.7 Å². The third kappa shape index (κ3) is 1.49. The third-order valence-corrected chi connectivity index (χ3v) is 4.74. The fourth-order valence-electron chi connectivity index (χ4n) is 2.44. The Morgan fingerprint density at radius 2 is 1.77 bits per heavy atom. The van der Waals surface area contributed by atoms with Crippen molar-refractivity contribution in [2.24, 2.45) is 5.41 Å². The van der Waals surface area contributed by atoms with Crippen LogP contribution in [0.3, 0.4) is 0 Å². The zero-order valence-corrected chi connectivity index (χ0v) is 8.73. The van der Waals surface area contributed by atoms with E-state index in [1.54, 1.807) is 4.31 Å². The molecule has 76 valence electrons. The van der Waals surface area contributed by atoms with Gasteiger partial charge in [0.15, 0.2) is 0 Å². The molecule has 0 aromatic rings. The Labute approximate surface area is 79.5 Å². The van der Waals surface area contributed by atoms with Crippen molar-refractivity contribution in [3.63, 3.8) is 0 Å². The van der Waals surface area contributed by atoms with Crippen molar-refractivity contribution >= 4 is 10.2 Å². The summed E-state index contributed by atoms with van der Waals surface area (Å²) in [6, 6.07) is 0. The van der Waals surface area contributed by atoms with Crippen LogP contribution < -0.4 is 4.72 Å². The highest BCUT2D eigenvalue weighted by Gasteiger charge is 2.48. The number of hydrogen-bond donors (Lipinski definition) is 1. The van der Waals surface area contributed by atoms with Gasteiger partial charge in [0, 0.05) is 20.1 Å². The molecule has 0 aromatic heterocycles. The molecule has 0 atom stereocenters. The van der Waals surface area contributed by atoms with Crippen LogP contribution >= 0.6 is 0 Å². The van der Waals surface area contributed by atoms with E-state index in [-0.39, 0.29) is 0 Å². The molecule has 1 N–H and O–H groups in total. The second kappa shape index (κ2) is 2.93. The molecule has 2 rings (SSSR count). The Morgan fingerprint density at radius 1 is 1.23 bits per heavy atom. The second-order valence-corrected chi connectivity index (χ2v) is 6.06. The maximum Gasteiger partial charge on any atom is 0.279 e. The largest absolute Gasteiger partial charge is 0.279 e. The summed E-state index contributed by atoms with van der Waals surface area (Å²) in [7, 11) is -1.67. The van der Waals surface area contributed by atoms with Gasteiger partial charge in [0.05, 0.1) is 0 Å². The Kier molecular flexibility index (Phi) is 2.13. The summed E-state index contributed by atoms with van der Waals surface area (Å²) in [5.41, 5.74) is 0.351. The van der Waals surface area contributed by atoms with Crippen molar-refractivity contribution < 1.29 is 8.42 Å². The van der Waals surface area contributed by atoms with E-state index in [0.717, 1.165) is 13.1 Å². The molecular formula is C8H16N2O2S. The van der Waals surface area contributed by atoms with Gasteiger partial charge in [0.25, 0.3) is 10.2 Å². The molecule has 0 radical (unpaired) electrons. The Hall–Kier alpha value is -0.130. The molecule has 1 saturated carbocycles. The first kappa shape index (κ1) is 9.43. The van der Waals surface area contributed by atoms with Crippen LogP contribution in [0.2, 0.25) is 0 Å². The molecule has 5 heteroatoms. The minimum absolute atomic E-state index is 0.351. The maximum absolute atomic E-state index is 11.3. The maximum atomic E-state index is 11.3. The van der Waals surface area contributed by atoms with Gasteiger partial charge in [-0.3, -0.25) is 0 Å². The van der Waals surface area contributed by atoms with Gasteiger partial charge >= 0.3 is 0 Å².